The summed E-state index contributed by atoms with van der Waals surface area (Å²) in [5.41, 5.74) is 6.36. The highest BCUT2D eigenvalue weighted by atomic mass is 31.2. The van der Waals surface area contributed by atoms with Crippen LogP contribution in [0.5, 0.6) is 0 Å². The first kappa shape index (κ1) is 25.2. The van der Waals surface area contributed by atoms with Crippen molar-refractivity contribution in [3.63, 3.8) is 0 Å². The van der Waals surface area contributed by atoms with Crippen molar-refractivity contribution in [3.8, 4) is 12.1 Å². The summed E-state index contributed by atoms with van der Waals surface area (Å²) in [6.07, 6.45) is 0.782. The average Bonchev–Trinajstić information content (AvgIpc) is 2.54. The molecule has 0 atom stereocenters. The van der Waals surface area contributed by atoms with E-state index in [4.69, 9.17) is 25.3 Å². The summed E-state index contributed by atoms with van der Waals surface area (Å²) in [5, 5.41) is 18.1. The minimum absolute atomic E-state index is 0.139. The zero-order valence-corrected chi connectivity index (χ0v) is 18.7. The summed E-state index contributed by atoms with van der Waals surface area (Å²) >= 11 is 0. The van der Waals surface area contributed by atoms with Crippen LogP contribution in [-0.4, -0.2) is 46.5 Å². The summed E-state index contributed by atoms with van der Waals surface area (Å²) in [6, 6.07) is 4.97. The van der Waals surface area contributed by atoms with Gasteiger partial charge in [-0.1, -0.05) is 0 Å². The highest BCUT2D eigenvalue weighted by molar-refractivity contribution is 7.44. The monoisotopic (exact) mass is 387 g/mol. The molecule has 0 spiro atoms. The Kier molecular flexibility index (Phi) is 10.8. The Bertz CT molecular complexity index is 437. The summed E-state index contributed by atoms with van der Waals surface area (Å²) in [5.74, 6) is 0. The topological polar surface area (TPSA) is 92.1 Å². The van der Waals surface area contributed by atoms with Gasteiger partial charge < -0.3 is 0 Å². The zero-order chi connectivity index (χ0) is 20.5. The van der Waals surface area contributed by atoms with E-state index in [2.05, 4.69) is 67.5 Å². The molecule has 150 valence electrons. The Labute approximate surface area is 161 Å². The van der Waals surface area contributed by atoms with Crippen LogP contribution < -0.4 is 5.50 Å². The first-order valence-electron chi connectivity index (χ1n) is 9.43. The van der Waals surface area contributed by atoms with Gasteiger partial charge in [-0.2, -0.15) is 19.8 Å². The maximum atomic E-state index is 9.05. The van der Waals surface area contributed by atoms with Crippen molar-refractivity contribution in [2.75, 3.05) is 13.1 Å². The van der Waals surface area contributed by atoms with Gasteiger partial charge in [0.1, 0.15) is 37.3 Å². The second-order valence-corrected chi connectivity index (χ2v) is 8.69. The molecular weight excluding hydrogens is 349 g/mol. The molecule has 0 aliphatic heterocycles. The molecule has 0 saturated heterocycles. The lowest BCUT2D eigenvalue weighted by molar-refractivity contribution is -1.13. The Balaban J connectivity index is 5.60. The molecule has 0 aliphatic rings. The first-order valence-corrected chi connectivity index (χ1v) is 10.7. The standard InChI is InChI=1S/C18H38N5O2P/c1-15(2)22(16(3)4,13-9-11-19)24-26(21)25-23(17(5)6,18(7)8)14-10-12-20/h15-18H,9-10,13-14,21H2,1-8H3/q+2. The molecule has 0 amide bonds. The first-order chi connectivity index (χ1) is 12.0. The van der Waals surface area contributed by atoms with Gasteiger partial charge in [0.15, 0.2) is 0 Å². The lowest BCUT2D eigenvalue weighted by atomic mass is 10.2. The van der Waals surface area contributed by atoms with E-state index in [0.717, 1.165) is 0 Å². The summed E-state index contributed by atoms with van der Waals surface area (Å²) < 4.78 is 13.2. The molecule has 0 unspecified atom stereocenters. The second-order valence-electron chi connectivity index (χ2n) is 7.80. The zero-order valence-electron chi connectivity index (χ0n) is 17.8. The predicted molar refractivity (Wildman–Crippen MR) is 105 cm³/mol. The Morgan fingerprint density at radius 1 is 0.731 bits per heavy atom. The van der Waals surface area contributed by atoms with E-state index in [0.29, 0.717) is 25.9 Å². The van der Waals surface area contributed by atoms with Gasteiger partial charge in [0.25, 0.3) is 0 Å². The number of nitrogens with zero attached hydrogens (tertiary/aromatic N) is 4. The fourth-order valence-electron chi connectivity index (χ4n) is 3.45. The third-order valence-corrected chi connectivity index (χ3v) is 6.04. The molecule has 26 heavy (non-hydrogen) atoms. The fourth-order valence-corrected chi connectivity index (χ4v) is 4.99. The van der Waals surface area contributed by atoms with Crippen LogP contribution in [0.1, 0.15) is 68.2 Å². The van der Waals surface area contributed by atoms with Crippen LogP contribution in [-0.2, 0) is 9.25 Å². The van der Waals surface area contributed by atoms with Crippen LogP contribution in [0.25, 0.3) is 0 Å². The molecule has 0 rings (SSSR count). The lowest BCUT2D eigenvalue weighted by Gasteiger charge is -2.45. The molecule has 0 aliphatic carbocycles. The molecule has 0 aromatic heterocycles. The van der Waals surface area contributed by atoms with Crippen molar-refractivity contribution in [2.45, 2.75) is 92.4 Å². The maximum absolute atomic E-state index is 9.05. The van der Waals surface area contributed by atoms with Gasteiger partial charge in [0.05, 0.1) is 25.0 Å². The van der Waals surface area contributed by atoms with Crippen molar-refractivity contribution in [1.29, 1.82) is 10.5 Å². The molecule has 0 heterocycles. The van der Waals surface area contributed by atoms with Crippen molar-refractivity contribution in [2.24, 2.45) is 5.50 Å². The van der Waals surface area contributed by atoms with E-state index in [1.165, 1.54) is 0 Å². The van der Waals surface area contributed by atoms with E-state index in [-0.39, 0.29) is 33.5 Å². The summed E-state index contributed by atoms with van der Waals surface area (Å²) in [6.45, 7) is 17.7. The third-order valence-electron chi connectivity index (χ3n) is 5.11. The largest absolute Gasteiger partial charge is 0.375 e. The number of quaternary nitrogens is 2. The number of hydroxylamine groups is 6. The van der Waals surface area contributed by atoms with E-state index in [9.17, 15) is 0 Å². The second kappa shape index (κ2) is 11.1. The molecular formula is C18H38N5O2P+2. The van der Waals surface area contributed by atoms with Crippen LogP contribution in [0.15, 0.2) is 0 Å². The van der Waals surface area contributed by atoms with Crippen LogP contribution in [0.4, 0.5) is 0 Å². The van der Waals surface area contributed by atoms with Gasteiger partial charge in [0.2, 0.25) is 0 Å². The van der Waals surface area contributed by atoms with E-state index >= 15 is 0 Å². The van der Waals surface area contributed by atoms with Gasteiger partial charge in [-0.05, 0) is 55.4 Å². The quantitative estimate of drug-likeness (QED) is 0.309. The highest BCUT2D eigenvalue weighted by Crippen LogP contribution is 2.43. The van der Waals surface area contributed by atoms with Gasteiger partial charge in [-0.25, -0.2) is 0 Å². The fraction of sp³-hybridized carbons (Fsp3) is 0.889. The molecule has 7 nitrogen and oxygen atoms in total. The SMILES string of the molecule is CC(C)[N+](CCC#N)(OP(N)O[N+](CCC#N)(C(C)C)C(C)C)C(C)C. The molecule has 0 saturated carbocycles. The molecule has 8 heteroatoms. The van der Waals surface area contributed by atoms with Gasteiger partial charge in [-0.3, -0.25) is 5.50 Å². The normalized spacial score (nSPS) is 13.1. The van der Waals surface area contributed by atoms with Crippen molar-refractivity contribution < 1.29 is 18.5 Å². The number of rotatable bonds is 12. The van der Waals surface area contributed by atoms with Crippen LogP contribution >= 0.6 is 8.53 Å². The van der Waals surface area contributed by atoms with E-state index in [1.807, 2.05) is 0 Å². The molecule has 0 aromatic carbocycles. The van der Waals surface area contributed by atoms with Crippen molar-refractivity contribution in [1.82, 2.24) is 0 Å². The van der Waals surface area contributed by atoms with E-state index < -0.39 is 8.53 Å². The highest BCUT2D eigenvalue weighted by Gasteiger charge is 2.45. The van der Waals surface area contributed by atoms with Gasteiger partial charge in [0, 0.05) is 0 Å². The van der Waals surface area contributed by atoms with Crippen LogP contribution in [0.2, 0.25) is 0 Å². The van der Waals surface area contributed by atoms with E-state index in [1.54, 1.807) is 0 Å². The Hall–Kier alpha value is -0.790. The van der Waals surface area contributed by atoms with Crippen molar-refractivity contribution >= 4 is 8.53 Å². The Morgan fingerprint density at radius 3 is 1.19 bits per heavy atom. The molecule has 0 aromatic rings. The van der Waals surface area contributed by atoms with Crippen molar-refractivity contribution in [3.05, 3.63) is 0 Å². The minimum Gasteiger partial charge on any atom is -0.255 e. The average molecular weight is 388 g/mol. The van der Waals surface area contributed by atoms with Gasteiger partial charge >= 0.3 is 8.53 Å². The number of nitrogens with two attached hydrogens (primary N) is 1. The smallest absolute Gasteiger partial charge is 0.255 e. The lowest BCUT2D eigenvalue weighted by Crippen LogP contribution is -2.60. The number of hydrogen-bond donors (Lipinski definition) is 1. The Morgan fingerprint density at radius 2 is 1.00 bits per heavy atom. The third kappa shape index (κ3) is 6.13. The number of hydrogen-bond acceptors (Lipinski definition) is 5. The summed E-state index contributed by atoms with van der Waals surface area (Å²) in [4.78, 5) is 0. The minimum atomic E-state index is -1.69. The molecule has 2 N–H and O–H groups in total. The maximum Gasteiger partial charge on any atom is 0.375 e. The molecule has 0 radical (unpaired) electrons. The molecule has 0 fully saturated rings. The van der Waals surface area contributed by atoms with Crippen LogP contribution in [0, 0.1) is 22.7 Å². The predicted octanol–water partition coefficient (Wildman–Crippen LogP) is 4.13. The molecule has 0 bridgehead atoms. The van der Waals surface area contributed by atoms with Crippen LogP contribution in [0.3, 0.4) is 0 Å². The van der Waals surface area contributed by atoms with Gasteiger partial charge in [-0.15, -0.1) is 9.25 Å². The summed E-state index contributed by atoms with van der Waals surface area (Å²) in [7, 11) is -1.69. The number of nitriles is 2.